The van der Waals surface area contributed by atoms with Crippen LogP contribution in [0.2, 0.25) is 0 Å². The van der Waals surface area contributed by atoms with Crippen LogP contribution in [0.4, 0.5) is 5.69 Å². The lowest BCUT2D eigenvalue weighted by molar-refractivity contribution is -0.123. The van der Waals surface area contributed by atoms with Gasteiger partial charge in [-0.15, -0.1) is 0 Å². The monoisotopic (exact) mass is 430 g/mol. The second-order valence-electron chi connectivity index (χ2n) is 7.81. The van der Waals surface area contributed by atoms with E-state index in [9.17, 15) is 13.2 Å². The quantitative estimate of drug-likeness (QED) is 0.697. The number of hydrogen-bond donors (Lipinski definition) is 0. The smallest absolute Gasteiger partial charge is 0.241 e. The van der Waals surface area contributed by atoms with E-state index < -0.39 is 9.84 Å². The Kier molecular flexibility index (Phi) is 5.71. The Morgan fingerprint density at radius 3 is 2.43 bits per heavy atom. The molecular weight excluding hydrogens is 404 g/mol. The molecule has 2 aromatic carbocycles. The van der Waals surface area contributed by atoms with Gasteiger partial charge < -0.3 is 14.4 Å². The lowest BCUT2D eigenvalue weighted by Crippen LogP contribution is -2.62. The number of carbonyl (C=O) groups is 1. The molecule has 0 unspecified atom stereocenters. The predicted molar refractivity (Wildman–Crippen MR) is 115 cm³/mol. The SMILES string of the molecule is COc1ccc(OCCN2CC(=O)N(c3cccc(C)c3)[C@@H]3CS(=O)(=O)C[C@@H]32)cc1. The molecule has 1 amide bonds. The molecule has 2 fully saturated rings. The normalized spacial score (nSPS) is 23.3. The molecule has 2 heterocycles. The molecule has 2 atom stereocenters. The van der Waals surface area contributed by atoms with Crippen LogP contribution in [0.1, 0.15) is 5.56 Å². The zero-order chi connectivity index (χ0) is 21.3. The Labute approximate surface area is 177 Å². The standard InChI is InChI=1S/C22H26N2O5S/c1-16-4-3-5-17(12-16)24-21-15-30(26,27)14-20(21)23(13-22(24)25)10-11-29-19-8-6-18(28-2)7-9-19/h3-9,12,20-21H,10-11,13-15H2,1-2H3/t20-,21+/m0/s1. The van der Waals surface area contributed by atoms with Crippen LogP contribution in [0, 0.1) is 6.92 Å². The molecule has 2 aromatic rings. The summed E-state index contributed by atoms with van der Waals surface area (Å²) >= 11 is 0. The molecule has 2 aliphatic heterocycles. The van der Waals surface area contributed by atoms with Crippen molar-refractivity contribution >= 4 is 21.4 Å². The first-order valence-corrected chi connectivity index (χ1v) is 11.8. The molecule has 160 valence electrons. The van der Waals surface area contributed by atoms with Crippen molar-refractivity contribution in [3.63, 3.8) is 0 Å². The van der Waals surface area contributed by atoms with Gasteiger partial charge in [0.15, 0.2) is 9.84 Å². The number of aryl methyl sites for hydroxylation is 1. The Bertz CT molecular complexity index is 1020. The highest BCUT2D eigenvalue weighted by Gasteiger charge is 2.49. The predicted octanol–water partition coefficient (Wildman–Crippen LogP) is 1.90. The van der Waals surface area contributed by atoms with E-state index >= 15 is 0 Å². The maximum atomic E-state index is 13.0. The Morgan fingerprint density at radius 1 is 1.03 bits per heavy atom. The summed E-state index contributed by atoms with van der Waals surface area (Å²) < 4.78 is 35.8. The third-order valence-corrected chi connectivity index (χ3v) is 7.39. The molecule has 0 aromatic heterocycles. The first-order valence-electron chi connectivity index (χ1n) is 9.96. The fraction of sp³-hybridized carbons (Fsp3) is 0.409. The molecule has 8 heteroatoms. The minimum atomic E-state index is -3.21. The van der Waals surface area contributed by atoms with E-state index in [2.05, 4.69) is 0 Å². The van der Waals surface area contributed by atoms with Gasteiger partial charge in [-0.2, -0.15) is 0 Å². The Morgan fingerprint density at radius 2 is 1.73 bits per heavy atom. The molecular formula is C22H26N2O5S. The number of rotatable bonds is 6. The van der Waals surface area contributed by atoms with E-state index in [0.29, 0.717) is 18.9 Å². The second kappa shape index (κ2) is 8.28. The van der Waals surface area contributed by atoms with Gasteiger partial charge >= 0.3 is 0 Å². The van der Waals surface area contributed by atoms with E-state index in [-0.39, 0.29) is 36.0 Å². The number of carbonyl (C=O) groups excluding carboxylic acids is 1. The fourth-order valence-electron chi connectivity index (χ4n) is 4.27. The van der Waals surface area contributed by atoms with Crippen LogP contribution < -0.4 is 14.4 Å². The van der Waals surface area contributed by atoms with Crippen LogP contribution in [-0.2, 0) is 14.6 Å². The van der Waals surface area contributed by atoms with E-state index in [1.165, 1.54) is 0 Å². The molecule has 0 aliphatic carbocycles. The maximum absolute atomic E-state index is 13.0. The molecule has 30 heavy (non-hydrogen) atoms. The summed E-state index contributed by atoms with van der Waals surface area (Å²) in [6.45, 7) is 2.99. The van der Waals surface area contributed by atoms with Gasteiger partial charge in [0.2, 0.25) is 5.91 Å². The maximum Gasteiger partial charge on any atom is 0.241 e. The number of nitrogens with zero attached hydrogens (tertiary/aromatic N) is 2. The molecule has 0 radical (unpaired) electrons. The first kappa shape index (κ1) is 20.7. The number of fused-ring (bicyclic) bond motifs is 1. The molecule has 0 saturated carbocycles. The molecule has 4 rings (SSSR count). The summed E-state index contributed by atoms with van der Waals surface area (Å²) in [5.74, 6) is 1.43. The van der Waals surface area contributed by atoms with Gasteiger partial charge in [0, 0.05) is 18.3 Å². The Balaban J connectivity index is 1.48. The minimum absolute atomic E-state index is 0.00676. The first-order chi connectivity index (χ1) is 14.4. The van der Waals surface area contributed by atoms with Crippen LogP contribution in [0.5, 0.6) is 11.5 Å². The number of sulfone groups is 1. The van der Waals surface area contributed by atoms with Crippen molar-refractivity contribution in [3.05, 3.63) is 54.1 Å². The number of hydrogen-bond acceptors (Lipinski definition) is 6. The van der Waals surface area contributed by atoms with Gasteiger partial charge in [-0.1, -0.05) is 12.1 Å². The molecule has 2 aliphatic rings. The topological polar surface area (TPSA) is 76.2 Å². The van der Waals surface area contributed by atoms with Crippen LogP contribution in [0.15, 0.2) is 48.5 Å². The molecule has 7 nitrogen and oxygen atoms in total. The minimum Gasteiger partial charge on any atom is -0.497 e. The van der Waals surface area contributed by atoms with Crippen molar-refractivity contribution in [1.82, 2.24) is 4.90 Å². The third-order valence-electron chi connectivity index (χ3n) is 5.69. The summed E-state index contributed by atoms with van der Waals surface area (Å²) in [5.41, 5.74) is 1.80. The average Bonchev–Trinajstić information content (AvgIpc) is 3.03. The number of ether oxygens (including phenoxy) is 2. The van der Waals surface area contributed by atoms with Crippen molar-refractivity contribution in [2.75, 3.05) is 43.2 Å². The molecule has 0 bridgehead atoms. The number of anilines is 1. The van der Waals surface area contributed by atoms with E-state index in [1.54, 1.807) is 12.0 Å². The van der Waals surface area contributed by atoms with Crippen LogP contribution in [0.25, 0.3) is 0 Å². The summed E-state index contributed by atoms with van der Waals surface area (Å²) in [7, 11) is -1.60. The summed E-state index contributed by atoms with van der Waals surface area (Å²) in [5, 5.41) is 0. The number of methoxy groups -OCH3 is 1. The van der Waals surface area contributed by atoms with Crippen molar-refractivity contribution < 1.29 is 22.7 Å². The lowest BCUT2D eigenvalue weighted by Gasteiger charge is -2.43. The van der Waals surface area contributed by atoms with Gasteiger partial charge in [0.05, 0.1) is 31.2 Å². The van der Waals surface area contributed by atoms with Crippen LogP contribution >= 0.6 is 0 Å². The van der Waals surface area contributed by atoms with Crippen LogP contribution in [0.3, 0.4) is 0 Å². The number of piperazine rings is 1. The average molecular weight is 431 g/mol. The molecule has 0 spiro atoms. The fourth-order valence-corrected chi connectivity index (χ4v) is 6.25. The highest BCUT2D eigenvalue weighted by Crippen LogP contribution is 2.32. The third kappa shape index (κ3) is 4.29. The van der Waals surface area contributed by atoms with Crippen molar-refractivity contribution in [3.8, 4) is 11.5 Å². The van der Waals surface area contributed by atoms with Crippen LogP contribution in [-0.4, -0.2) is 69.6 Å². The van der Waals surface area contributed by atoms with Crippen molar-refractivity contribution in [2.45, 2.75) is 19.0 Å². The van der Waals surface area contributed by atoms with Gasteiger partial charge in [-0.3, -0.25) is 9.69 Å². The van der Waals surface area contributed by atoms with Crippen molar-refractivity contribution in [1.29, 1.82) is 0 Å². The van der Waals surface area contributed by atoms with E-state index in [4.69, 9.17) is 9.47 Å². The van der Waals surface area contributed by atoms with E-state index in [1.807, 2.05) is 60.4 Å². The second-order valence-corrected chi connectivity index (χ2v) is 9.96. The number of benzene rings is 2. The molecule has 0 N–H and O–H groups in total. The summed E-state index contributed by atoms with van der Waals surface area (Å²) in [4.78, 5) is 16.6. The van der Waals surface area contributed by atoms with Gasteiger partial charge in [-0.05, 0) is 48.9 Å². The number of amides is 1. The largest absolute Gasteiger partial charge is 0.497 e. The Hall–Kier alpha value is -2.58. The van der Waals surface area contributed by atoms with Crippen molar-refractivity contribution in [2.24, 2.45) is 0 Å². The molecule has 2 saturated heterocycles. The zero-order valence-electron chi connectivity index (χ0n) is 17.2. The van der Waals surface area contributed by atoms with Gasteiger partial charge in [-0.25, -0.2) is 8.42 Å². The summed E-state index contributed by atoms with van der Waals surface area (Å²) in [6.07, 6.45) is 0. The zero-order valence-corrected chi connectivity index (χ0v) is 18.0. The highest BCUT2D eigenvalue weighted by molar-refractivity contribution is 7.91. The van der Waals surface area contributed by atoms with E-state index in [0.717, 1.165) is 17.0 Å². The highest BCUT2D eigenvalue weighted by atomic mass is 32.2. The van der Waals surface area contributed by atoms with Gasteiger partial charge in [0.1, 0.15) is 18.1 Å². The van der Waals surface area contributed by atoms with Gasteiger partial charge in [0.25, 0.3) is 0 Å². The summed E-state index contributed by atoms with van der Waals surface area (Å²) in [6, 6.07) is 14.3. The lowest BCUT2D eigenvalue weighted by atomic mass is 10.0.